The Labute approximate surface area is 179 Å². The van der Waals surface area contributed by atoms with Gasteiger partial charge in [0.1, 0.15) is 12.1 Å². The average Bonchev–Trinajstić information content (AvgIpc) is 2.81. The Morgan fingerprint density at radius 1 is 0.562 bits per heavy atom. The van der Waals surface area contributed by atoms with E-state index < -0.39 is 68.3 Å². The molecule has 0 saturated carbocycles. The average molecular weight is 432 g/mol. The Morgan fingerprint density at radius 3 is 1.16 bits per heavy atom. The smallest absolute Gasteiger partial charge is 0.202 e. The van der Waals surface area contributed by atoms with Gasteiger partial charge in [-0.15, -0.1) is 0 Å². The maximum absolute atomic E-state index is 12.7. The topological polar surface area (TPSA) is 203 Å². The molecule has 32 heavy (non-hydrogen) atoms. The highest BCUT2D eigenvalue weighted by Gasteiger charge is 2.24. The second kappa shape index (κ2) is 7.89. The van der Waals surface area contributed by atoms with Gasteiger partial charge in [0.15, 0.2) is 34.6 Å². The molecule has 10 nitrogen and oxygen atoms in total. The van der Waals surface area contributed by atoms with Crippen molar-refractivity contribution in [1.82, 2.24) is 0 Å². The van der Waals surface area contributed by atoms with Gasteiger partial charge in [0.25, 0.3) is 0 Å². The zero-order valence-electron chi connectivity index (χ0n) is 15.9. The molecule has 0 atom stereocenters. The largest absolute Gasteiger partial charge is 0.504 e. The van der Waals surface area contributed by atoms with Crippen molar-refractivity contribution in [3.8, 4) is 46.6 Å². The van der Waals surface area contributed by atoms with Gasteiger partial charge < -0.3 is 30.6 Å². The maximum atomic E-state index is 12.7. The lowest BCUT2D eigenvalue weighted by molar-refractivity contribution is 0.102. The molecule has 0 spiro atoms. The van der Waals surface area contributed by atoms with Gasteiger partial charge in [0.2, 0.25) is 11.5 Å². The molecule has 3 aromatic carbocycles. The van der Waals surface area contributed by atoms with Crippen molar-refractivity contribution in [2.75, 3.05) is 0 Å². The number of rotatable bonds is 4. The molecule has 0 aliphatic rings. The van der Waals surface area contributed by atoms with E-state index in [4.69, 9.17) is 10.5 Å². The van der Waals surface area contributed by atoms with Gasteiger partial charge in [-0.05, 0) is 12.1 Å². The van der Waals surface area contributed by atoms with Crippen LogP contribution in [0.4, 0.5) is 0 Å². The Morgan fingerprint density at radius 2 is 0.875 bits per heavy atom. The number of carbonyl (C=O) groups is 2. The second-order valence-corrected chi connectivity index (χ2v) is 6.49. The first-order valence-corrected chi connectivity index (χ1v) is 8.67. The van der Waals surface area contributed by atoms with Crippen LogP contribution in [0.5, 0.6) is 34.5 Å². The molecule has 0 fully saturated rings. The van der Waals surface area contributed by atoms with Crippen LogP contribution in [-0.2, 0) is 0 Å². The zero-order chi connectivity index (χ0) is 23.7. The fourth-order valence-corrected chi connectivity index (χ4v) is 2.90. The minimum Gasteiger partial charge on any atom is -0.504 e. The number of hydrogen-bond donors (Lipinski definition) is 6. The van der Waals surface area contributed by atoms with Crippen LogP contribution in [0, 0.1) is 22.7 Å². The van der Waals surface area contributed by atoms with E-state index in [1.54, 1.807) is 12.1 Å². The summed E-state index contributed by atoms with van der Waals surface area (Å²) < 4.78 is 0. The molecule has 0 aliphatic carbocycles. The minimum absolute atomic E-state index is 0.0543. The number of benzene rings is 3. The van der Waals surface area contributed by atoms with Crippen molar-refractivity contribution in [2.45, 2.75) is 0 Å². The standard InChI is InChI=1S/C22H12N2O8/c23-7-11-5-13(19(29)21(31)17(11)27)15(25)9-1-2-10(4-3-9)16(26)14-6-12(8-24)18(28)22(32)20(14)30/h1-6,27-32H. The van der Waals surface area contributed by atoms with Crippen LogP contribution >= 0.6 is 0 Å². The molecule has 0 aromatic heterocycles. The molecule has 6 N–H and O–H groups in total. The third-order valence-electron chi connectivity index (χ3n) is 4.63. The minimum atomic E-state index is -1.03. The fourth-order valence-electron chi connectivity index (χ4n) is 2.90. The Bertz CT molecular complexity index is 1270. The van der Waals surface area contributed by atoms with Crippen molar-refractivity contribution in [2.24, 2.45) is 0 Å². The summed E-state index contributed by atoms with van der Waals surface area (Å²) in [6.07, 6.45) is 0. The number of carbonyl (C=O) groups excluding carboxylic acids is 2. The van der Waals surface area contributed by atoms with Gasteiger partial charge in [-0.1, -0.05) is 24.3 Å². The zero-order valence-corrected chi connectivity index (χ0v) is 15.9. The number of nitrogens with zero attached hydrogens (tertiary/aromatic N) is 2. The first-order chi connectivity index (χ1) is 15.1. The lowest BCUT2D eigenvalue weighted by Gasteiger charge is -2.10. The number of nitriles is 2. The molecule has 158 valence electrons. The summed E-state index contributed by atoms with van der Waals surface area (Å²) in [7, 11) is 0. The number of phenols is 6. The second-order valence-electron chi connectivity index (χ2n) is 6.49. The molecule has 0 aliphatic heterocycles. The summed E-state index contributed by atoms with van der Waals surface area (Å²) in [6, 6.07) is 9.69. The van der Waals surface area contributed by atoms with Crippen molar-refractivity contribution < 1.29 is 40.2 Å². The molecular formula is C22H12N2O8. The number of ketones is 2. The van der Waals surface area contributed by atoms with Crippen LogP contribution in [0.2, 0.25) is 0 Å². The van der Waals surface area contributed by atoms with E-state index in [-0.39, 0.29) is 11.1 Å². The summed E-state index contributed by atoms with van der Waals surface area (Å²) in [5.74, 6) is -7.34. The third-order valence-corrected chi connectivity index (χ3v) is 4.63. The van der Waals surface area contributed by atoms with Crippen molar-refractivity contribution in [3.05, 3.63) is 69.8 Å². The highest BCUT2D eigenvalue weighted by molar-refractivity contribution is 6.14. The van der Waals surface area contributed by atoms with Crippen LogP contribution < -0.4 is 0 Å². The predicted octanol–water partition coefficient (Wildman–Crippen LogP) is 2.13. The van der Waals surface area contributed by atoms with Gasteiger partial charge >= 0.3 is 0 Å². The molecule has 0 amide bonds. The van der Waals surface area contributed by atoms with E-state index in [9.17, 15) is 40.2 Å². The van der Waals surface area contributed by atoms with Gasteiger partial charge in [0.05, 0.1) is 22.3 Å². The van der Waals surface area contributed by atoms with Crippen LogP contribution in [0.1, 0.15) is 43.0 Å². The van der Waals surface area contributed by atoms with Gasteiger partial charge in [-0.2, -0.15) is 10.5 Å². The quantitative estimate of drug-likeness (QED) is 0.262. The van der Waals surface area contributed by atoms with Crippen molar-refractivity contribution in [3.63, 3.8) is 0 Å². The van der Waals surface area contributed by atoms with Crippen LogP contribution in [0.3, 0.4) is 0 Å². The molecule has 0 unspecified atom stereocenters. The lowest BCUT2D eigenvalue weighted by Crippen LogP contribution is -2.06. The van der Waals surface area contributed by atoms with Crippen molar-refractivity contribution in [1.29, 1.82) is 10.5 Å². The number of aromatic hydroxyl groups is 6. The monoisotopic (exact) mass is 432 g/mol. The normalized spacial score (nSPS) is 10.2. The summed E-state index contributed by atoms with van der Waals surface area (Å²) in [4.78, 5) is 25.4. The summed E-state index contributed by atoms with van der Waals surface area (Å²) in [5, 5.41) is 76.5. The van der Waals surface area contributed by atoms with Crippen molar-refractivity contribution >= 4 is 11.6 Å². The molecule has 0 saturated heterocycles. The maximum Gasteiger partial charge on any atom is 0.202 e. The number of phenolic OH excluding ortho intramolecular Hbond substituents is 6. The van der Waals surface area contributed by atoms with E-state index in [2.05, 4.69) is 0 Å². The molecular weight excluding hydrogens is 420 g/mol. The molecule has 3 aromatic rings. The van der Waals surface area contributed by atoms with E-state index in [1.165, 1.54) is 24.3 Å². The summed E-state index contributed by atoms with van der Waals surface area (Å²) in [6.45, 7) is 0. The highest BCUT2D eigenvalue weighted by Crippen LogP contribution is 2.42. The summed E-state index contributed by atoms with van der Waals surface area (Å²) >= 11 is 0. The van der Waals surface area contributed by atoms with Crippen LogP contribution in [-0.4, -0.2) is 42.2 Å². The number of hydrogen-bond acceptors (Lipinski definition) is 10. The van der Waals surface area contributed by atoms with Gasteiger partial charge in [-0.3, -0.25) is 9.59 Å². The van der Waals surface area contributed by atoms with E-state index in [1.807, 2.05) is 0 Å². The molecule has 0 radical (unpaired) electrons. The van der Waals surface area contributed by atoms with Crippen LogP contribution in [0.15, 0.2) is 36.4 Å². The fraction of sp³-hybridized carbons (Fsp3) is 0. The Balaban J connectivity index is 2.00. The summed E-state index contributed by atoms with van der Waals surface area (Å²) in [5.41, 5.74) is -1.91. The molecule has 0 heterocycles. The Hall–Kier alpha value is -5.22. The molecule has 3 rings (SSSR count). The molecule has 0 bridgehead atoms. The first kappa shape index (κ1) is 21.5. The Kier molecular flexibility index (Phi) is 5.30. The van der Waals surface area contributed by atoms with E-state index in [0.717, 1.165) is 12.1 Å². The molecule has 10 heteroatoms. The van der Waals surface area contributed by atoms with E-state index in [0.29, 0.717) is 0 Å². The van der Waals surface area contributed by atoms with E-state index >= 15 is 0 Å². The SMILES string of the molecule is N#Cc1cc(C(=O)c2ccc(C(=O)c3cc(C#N)c(O)c(O)c3O)cc2)c(O)c(O)c1O. The highest BCUT2D eigenvalue weighted by atomic mass is 16.3. The first-order valence-electron chi connectivity index (χ1n) is 8.67. The lowest BCUT2D eigenvalue weighted by atomic mass is 9.95. The predicted molar refractivity (Wildman–Crippen MR) is 106 cm³/mol. The van der Waals surface area contributed by atoms with Crippen LogP contribution in [0.25, 0.3) is 0 Å². The third kappa shape index (κ3) is 3.34. The van der Waals surface area contributed by atoms with Gasteiger partial charge in [0, 0.05) is 11.1 Å². The van der Waals surface area contributed by atoms with Gasteiger partial charge in [-0.25, -0.2) is 0 Å².